The monoisotopic (exact) mass is 179 g/mol. The van der Waals surface area contributed by atoms with Crippen LogP contribution in [0.1, 0.15) is 18.6 Å². The molecule has 0 aliphatic rings. The minimum absolute atomic E-state index is 0.196. The zero-order valence-electron chi connectivity index (χ0n) is 7.73. The van der Waals surface area contributed by atoms with Gasteiger partial charge < -0.3 is 10.2 Å². The van der Waals surface area contributed by atoms with Crippen LogP contribution in [0.2, 0.25) is 0 Å². The van der Waals surface area contributed by atoms with Crippen LogP contribution >= 0.6 is 0 Å². The molecule has 0 saturated carbocycles. The van der Waals surface area contributed by atoms with Crippen molar-refractivity contribution in [1.82, 2.24) is 0 Å². The highest BCUT2D eigenvalue weighted by Crippen LogP contribution is 2.17. The zero-order valence-corrected chi connectivity index (χ0v) is 7.73. The molecule has 0 aromatic heterocycles. The molecule has 1 aromatic carbocycles. The van der Waals surface area contributed by atoms with Crippen LogP contribution in [0.5, 0.6) is 5.75 Å². The average Bonchev–Trinajstić information content (AvgIpc) is 2.17. The third-order valence-electron chi connectivity index (χ3n) is 1.96. The van der Waals surface area contributed by atoms with Gasteiger partial charge in [-0.2, -0.15) is 0 Å². The second-order valence-electron chi connectivity index (χ2n) is 2.86. The van der Waals surface area contributed by atoms with E-state index >= 15 is 0 Å². The maximum Gasteiger partial charge on any atom is 0.116 e. The molecule has 1 aromatic rings. The summed E-state index contributed by atoms with van der Waals surface area (Å²) in [5.41, 5.74) is 1.39. The number of hydrogen-bond acceptors (Lipinski definition) is 3. The molecule has 13 heavy (non-hydrogen) atoms. The Morgan fingerprint density at radius 2 is 1.85 bits per heavy atom. The summed E-state index contributed by atoms with van der Waals surface area (Å²) < 4.78 is 0. The Labute approximate surface area is 77.4 Å². The van der Waals surface area contributed by atoms with Crippen LogP contribution in [0, 0.1) is 0 Å². The number of aliphatic hydroxyl groups excluding tert-OH is 1. The molecular weight excluding hydrogens is 166 g/mol. The molecule has 0 radical (unpaired) electrons. The molecule has 3 heteroatoms. The van der Waals surface area contributed by atoms with E-state index in [1.165, 1.54) is 0 Å². The van der Waals surface area contributed by atoms with Crippen molar-refractivity contribution in [3.8, 4) is 5.75 Å². The van der Waals surface area contributed by atoms with Gasteiger partial charge in [0.05, 0.1) is 0 Å². The van der Waals surface area contributed by atoms with E-state index in [0.29, 0.717) is 5.71 Å². The highest BCUT2D eigenvalue weighted by molar-refractivity contribution is 5.87. The molecule has 0 heterocycles. The van der Waals surface area contributed by atoms with E-state index in [1.54, 1.807) is 38.2 Å². The number of hydrogen-bond donors (Lipinski definition) is 2. The molecule has 1 rings (SSSR count). The van der Waals surface area contributed by atoms with Crippen LogP contribution in [-0.4, -0.2) is 23.0 Å². The van der Waals surface area contributed by atoms with Crippen LogP contribution in [0.15, 0.2) is 29.3 Å². The summed E-state index contributed by atoms with van der Waals surface area (Å²) in [7, 11) is 1.64. The second kappa shape index (κ2) is 4.05. The molecule has 1 atom stereocenters. The number of aromatic hydroxyl groups is 1. The summed E-state index contributed by atoms with van der Waals surface area (Å²) in [4.78, 5) is 3.89. The molecule has 0 aliphatic heterocycles. The van der Waals surface area contributed by atoms with Gasteiger partial charge in [-0.25, -0.2) is 0 Å². The molecule has 70 valence electrons. The maximum atomic E-state index is 9.67. The Bertz CT molecular complexity index is 303. The summed E-state index contributed by atoms with van der Waals surface area (Å²) in [6.07, 6.45) is -0.675. The second-order valence-corrected chi connectivity index (χ2v) is 2.86. The van der Waals surface area contributed by atoms with E-state index < -0.39 is 6.10 Å². The normalized spacial score (nSPS) is 14.2. The van der Waals surface area contributed by atoms with Gasteiger partial charge in [-0.15, -0.1) is 0 Å². The van der Waals surface area contributed by atoms with Gasteiger partial charge in [-0.05, 0) is 24.6 Å². The van der Waals surface area contributed by atoms with Gasteiger partial charge in [0.2, 0.25) is 0 Å². The Hall–Kier alpha value is -1.35. The predicted octanol–water partition coefficient (Wildman–Crippen LogP) is 1.52. The van der Waals surface area contributed by atoms with Gasteiger partial charge >= 0.3 is 0 Å². The van der Waals surface area contributed by atoms with Gasteiger partial charge in [-0.1, -0.05) is 12.1 Å². The molecule has 0 bridgehead atoms. The molecule has 2 N–H and O–H groups in total. The fourth-order valence-corrected chi connectivity index (χ4v) is 1.02. The molecule has 0 amide bonds. The molecule has 3 nitrogen and oxygen atoms in total. The summed E-state index contributed by atoms with van der Waals surface area (Å²) >= 11 is 0. The zero-order chi connectivity index (χ0) is 9.84. The average molecular weight is 179 g/mol. The molecule has 0 saturated heterocycles. The van der Waals surface area contributed by atoms with Crippen molar-refractivity contribution in [2.24, 2.45) is 4.99 Å². The lowest BCUT2D eigenvalue weighted by atomic mass is 10.1. The Morgan fingerprint density at radius 1 is 1.31 bits per heavy atom. The minimum atomic E-state index is -0.675. The van der Waals surface area contributed by atoms with Crippen molar-refractivity contribution >= 4 is 5.71 Å². The first-order valence-electron chi connectivity index (χ1n) is 4.05. The van der Waals surface area contributed by atoms with Gasteiger partial charge in [0.25, 0.3) is 0 Å². The fraction of sp³-hybridized carbons (Fsp3) is 0.300. The van der Waals surface area contributed by atoms with E-state index in [1.807, 2.05) is 0 Å². The first-order valence-corrected chi connectivity index (χ1v) is 4.05. The third-order valence-corrected chi connectivity index (χ3v) is 1.96. The SMILES string of the molecule is CN=C(C)C(O)c1ccc(O)cc1. The van der Waals surface area contributed by atoms with Gasteiger partial charge in [0.1, 0.15) is 11.9 Å². The number of rotatable bonds is 2. The van der Waals surface area contributed by atoms with E-state index in [2.05, 4.69) is 4.99 Å². The lowest BCUT2D eigenvalue weighted by Crippen LogP contribution is -2.07. The summed E-state index contributed by atoms with van der Waals surface area (Å²) in [5.74, 6) is 0.196. The number of aliphatic hydroxyl groups is 1. The van der Waals surface area contributed by atoms with Crippen LogP contribution < -0.4 is 0 Å². The summed E-state index contributed by atoms with van der Waals surface area (Å²) in [5, 5.41) is 18.7. The molecular formula is C10H13NO2. The number of nitrogens with zero attached hydrogens (tertiary/aromatic N) is 1. The molecule has 1 unspecified atom stereocenters. The van der Waals surface area contributed by atoms with Gasteiger partial charge in [0, 0.05) is 12.8 Å². The summed E-state index contributed by atoms with van der Waals surface area (Å²) in [6.45, 7) is 1.76. The highest BCUT2D eigenvalue weighted by atomic mass is 16.3. The van der Waals surface area contributed by atoms with Crippen molar-refractivity contribution < 1.29 is 10.2 Å². The fourth-order valence-electron chi connectivity index (χ4n) is 1.02. The van der Waals surface area contributed by atoms with Crippen LogP contribution in [0.3, 0.4) is 0 Å². The number of benzene rings is 1. The van der Waals surface area contributed by atoms with Crippen molar-refractivity contribution in [2.45, 2.75) is 13.0 Å². The largest absolute Gasteiger partial charge is 0.508 e. The number of aliphatic imine (C=N–C) groups is 1. The van der Waals surface area contributed by atoms with Crippen LogP contribution in [-0.2, 0) is 0 Å². The van der Waals surface area contributed by atoms with Crippen molar-refractivity contribution in [3.05, 3.63) is 29.8 Å². The lowest BCUT2D eigenvalue weighted by molar-refractivity contribution is 0.246. The summed E-state index contributed by atoms with van der Waals surface area (Å²) in [6, 6.07) is 6.44. The first-order chi connectivity index (χ1) is 6.15. The van der Waals surface area contributed by atoms with Crippen molar-refractivity contribution in [1.29, 1.82) is 0 Å². The molecule has 0 spiro atoms. The lowest BCUT2D eigenvalue weighted by Gasteiger charge is -2.09. The Kier molecular flexibility index (Phi) is 3.03. The Morgan fingerprint density at radius 3 is 2.31 bits per heavy atom. The van der Waals surface area contributed by atoms with E-state index in [-0.39, 0.29) is 5.75 Å². The van der Waals surface area contributed by atoms with E-state index in [0.717, 1.165) is 5.56 Å². The number of phenols is 1. The van der Waals surface area contributed by atoms with E-state index in [9.17, 15) is 5.11 Å². The van der Waals surface area contributed by atoms with Gasteiger partial charge in [0.15, 0.2) is 0 Å². The molecule has 0 aliphatic carbocycles. The third kappa shape index (κ3) is 2.29. The maximum absolute atomic E-state index is 9.67. The van der Waals surface area contributed by atoms with Crippen LogP contribution in [0.4, 0.5) is 0 Å². The molecule has 0 fully saturated rings. The predicted molar refractivity (Wildman–Crippen MR) is 52.1 cm³/mol. The topological polar surface area (TPSA) is 52.8 Å². The minimum Gasteiger partial charge on any atom is -0.508 e. The number of phenolic OH excluding ortho intramolecular Hbond substituents is 1. The van der Waals surface area contributed by atoms with E-state index in [4.69, 9.17) is 5.11 Å². The quantitative estimate of drug-likeness (QED) is 0.676. The van der Waals surface area contributed by atoms with Gasteiger partial charge in [-0.3, -0.25) is 4.99 Å². The first kappa shape index (κ1) is 9.74. The highest BCUT2D eigenvalue weighted by Gasteiger charge is 2.09. The van der Waals surface area contributed by atoms with Crippen LogP contribution in [0.25, 0.3) is 0 Å². The standard InChI is InChI=1S/C10H13NO2/c1-7(11-2)10(13)8-3-5-9(12)6-4-8/h3-6,10,12-13H,1-2H3. The Balaban J connectivity index is 2.89. The van der Waals surface area contributed by atoms with Crippen molar-refractivity contribution in [2.75, 3.05) is 7.05 Å². The smallest absolute Gasteiger partial charge is 0.116 e. The van der Waals surface area contributed by atoms with Crippen molar-refractivity contribution in [3.63, 3.8) is 0 Å².